The van der Waals surface area contributed by atoms with E-state index in [0.29, 0.717) is 36.8 Å². The van der Waals surface area contributed by atoms with Crippen LogP contribution in [0.15, 0.2) is 43.0 Å². The zero-order chi connectivity index (χ0) is 20.3. The first-order chi connectivity index (χ1) is 14.0. The Morgan fingerprint density at radius 3 is 2.83 bits per heavy atom. The summed E-state index contributed by atoms with van der Waals surface area (Å²) in [4.78, 5) is 30.7. The molecule has 0 saturated carbocycles. The van der Waals surface area contributed by atoms with Crippen molar-refractivity contribution in [1.29, 1.82) is 0 Å². The molecule has 3 aromatic rings. The lowest BCUT2D eigenvalue weighted by Crippen LogP contribution is -2.57. The van der Waals surface area contributed by atoms with E-state index in [4.69, 9.17) is 5.73 Å². The summed E-state index contributed by atoms with van der Waals surface area (Å²) in [5.74, 6) is -0.636. The molecule has 2 atom stereocenters. The smallest absolute Gasteiger partial charge is 0.246 e. The minimum Gasteiger partial charge on any atom is -0.369 e. The molecule has 0 spiro atoms. The van der Waals surface area contributed by atoms with E-state index in [1.807, 2.05) is 29.2 Å². The van der Waals surface area contributed by atoms with E-state index in [1.165, 1.54) is 12.1 Å². The van der Waals surface area contributed by atoms with Crippen molar-refractivity contribution in [1.82, 2.24) is 9.88 Å². The number of nitrogens with one attached hydrogen (secondary N) is 1. The van der Waals surface area contributed by atoms with E-state index < -0.39 is 5.91 Å². The lowest BCUT2D eigenvalue weighted by Gasteiger charge is -2.42. The van der Waals surface area contributed by atoms with Crippen LogP contribution >= 0.6 is 0 Å². The Hall–Kier alpha value is -3.35. The Morgan fingerprint density at radius 1 is 1.28 bits per heavy atom. The molecule has 5 rings (SSSR count). The van der Waals surface area contributed by atoms with Gasteiger partial charge in [0.05, 0.1) is 23.7 Å². The van der Waals surface area contributed by atoms with Gasteiger partial charge in [0.15, 0.2) is 0 Å². The van der Waals surface area contributed by atoms with E-state index >= 15 is 4.39 Å². The second kappa shape index (κ2) is 6.34. The number of hydrogen-bond donors (Lipinski definition) is 2. The van der Waals surface area contributed by atoms with Gasteiger partial charge >= 0.3 is 0 Å². The number of rotatable bonds is 4. The third-order valence-electron chi connectivity index (χ3n) is 6.17. The van der Waals surface area contributed by atoms with Crippen molar-refractivity contribution in [2.45, 2.75) is 12.5 Å². The Morgan fingerprint density at radius 2 is 2.07 bits per heavy atom. The van der Waals surface area contributed by atoms with Gasteiger partial charge < -0.3 is 20.5 Å². The number of primary amides is 1. The van der Waals surface area contributed by atoms with Crippen molar-refractivity contribution < 1.29 is 14.0 Å². The predicted molar refractivity (Wildman–Crippen MR) is 110 cm³/mol. The van der Waals surface area contributed by atoms with Crippen LogP contribution in [0.5, 0.6) is 0 Å². The molecular formula is C22H21FN4O2. The van der Waals surface area contributed by atoms with Crippen molar-refractivity contribution in [3.63, 3.8) is 0 Å². The lowest BCUT2D eigenvalue weighted by atomic mass is 9.92. The molecule has 2 fully saturated rings. The predicted octanol–water partition coefficient (Wildman–Crippen LogP) is 2.32. The van der Waals surface area contributed by atoms with Gasteiger partial charge in [0.25, 0.3) is 0 Å². The molecule has 0 bridgehead atoms. The van der Waals surface area contributed by atoms with Crippen molar-refractivity contribution in [2.24, 2.45) is 11.7 Å². The standard InChI is InChI=1S/C22H21FN4O2/c1-2-19(29)27-10-13-9-26(11-17(13)27)22-15(23)7-12(8-18(24)28)21-20(22)14-5-3-4-6-16(14)25-21/h2-7,13,17,25H,1,8-11H2,(H2,24,28). The molecule has 3 N–H and O–H groups in total. The second-order valence-electron chi connectivity index (χ2n) is 7.86. The van der Waals surface area contributed by atoms with Crippen LogP contribution in [0, 0.1) is 11.7 Å². The van der Waals surface area contributed by atoms with E-state index in [-0.39, 0.29) is 24.2 Å². The Labute approximate surface area is 166 Å². The topological polar surface area (TPSA) is 82.4 Å². The maximum atomic E-state index is 15.4. The summed E-state index contributed by atoms with van der Waals surface area (Å²) in [5.41, 5.74) is 8.08. The summed E-state index contributed by atoms with van der Waals surface area (Å²) < 4.78 is 15.4. The fourth-order valence-electron chi connectivity index (χ4n) is 4.87. The van der Waals surface area contributed by atoms with Crippen LogP contribution in [0.4, 0.5) is 10.1 Å². The Balaban J connectivity index is 1.65. The van der Waals surface area contributed by atoms with E-state index in [9.17, 15) is 9.59 Å². The number of hydrogen-bond acceptors (Lipinski definition) is 3. The van der Waals surface area contributed by atoms with Crippen LogP contribution in [-0.2, 0) is 16.0 Å². The largest absolute Gasteiger partial charge is 0.369 e. The average molecular weight is 392 g/mol. The minimum absolute atomic E-state index is 0.0343. The molecule has 29 heavy (non-hydrogen) atoms. The highest BCUT2D eigenvalue weighted by Gasteiger charge is 2.48. The normalized spacial score (nSPS) is 20.7. The summed E-state index contributed by atoms with van der Waals surface area (Å²) in [5, 5.41) is 1.67. The van der Waals surface area contributed by atoms with Gasteiger partial charge in [0.2, 0.25) is 11.8 Å². The molecule has 148 valence electrons. The number of halogens is 1. The fraction of sp³-hybridized carbons (Fsp3) is 0.273. The van der Waals surface area contributed by atoms with Gasteiger partial charge in [-0.25, -0.2) is 4.39 Å². The third kappa shape index (κ3) is 2.61. The molecule has 2 amide bonds. The van der Waals surface area contributed by atoms with E-state index in [2.05, 4.69) is 11.6 Å². The molecule has 2 aliphatic rings. The molecule has 3 heterocycles. The summed E-state index contributed by atoms with van der Waals surface area (Å²) in [6, 6.07) is 9.19. The molecule has 1 aromatic heterocycles. The highest BCUT2D eigenvalue weighted by atomic mass is 19.1. The first kappa shape index (κ1) is 17.7. The van der Waals surface area contributed by atoms with E-state index in [0.717, 1.165) is 21.8 Å². The number of aromatic amines is 1. The first-order valence-electron chi connectivity index (χ1n) is 9.66. The molecule has 6 nitrogen and oxygen atoms in total. The van der Waals surface area contributed by atoms with Crippen LogP contribution in [0.25, 0.3) is 21.8 Å². The maximum absolute atomic E-state index is 15.4. The molecule has 7 heteroatoms. The van der Waals surface area contributed by atoms with Crippen LogP contribution in [0.3, 0.4) is 0 Å². The van der Waals surface area contributed by atoms with Crippen LogP contribution < -0.4 is 10.6 Å². The Bertz CT molecular complexity index is 1180. The van der Waals surface area contributed by atoms with Gasteiger partial charge in [-0.1, -0.05) is 24.8 Å². The molecule has 0 aliphatic carbocycles. The number of fused-ring (bicyclic) bond motifs is 4. The molecular weight excluding hydrogens is 371 g/mol. The number of benzene rings is 2. The first-order valence-corrected chi connectivity index (χ1v) is 9.66. The van der Waals surface area contributed by atoms with Crippen molar-refractivity contribution >= 4 is 39.3 Å². The van der Waals surface area contributed by atoms with Crippen molar-refractivity contribution in [3.8, 4) is 0 Å². The average Bonchev–Trinajstić information content (AvgIpc) is 3.21. The summed E-state index contributed by atoms with van der Waals surface area (Å²) in [6.45, 7) is 5.50. The maximum Gasteiger partial charge on any atom is 0.246 e. The molecule has 0 radical (unpaired) electrons. The fourth-order valence-corrected chi connectivity index (χ4v) is 4.87. The monoisotopic (exact) mass is 392 g/mol. The number of H-pyrrole nitrogens is 1. The number of carbonyl (C=O) groups is 2. The van der Waals surface area contributed by atoms with Crippen LogP contribution in [0.2, 0.25) is 0 Å². The lowest BCUT2D eigenvalue weighted by molar-refractivity contribution is -0.135. The summed E-state index contributed by atoms with van der Waals surface area (Å²) in [7, 11) is 0. The SMILES string of the molecule is C=CC(=O)N1CC2CN(c3c(F)cc(CC(N)=O)c4[nH]c5ccccc5c34)CC21. The zero-order valence-electron chi connectivity index (χ0n) is 15.8. The van der Waals surface area contributed by atoms with E-state index in [1.54, 1.807) is 4.90 Å². The number of nitrogens with zero attached hydrogens (tertiary/aromatic N) is 2. The Kier molecular flexibility index (Phi) is 3.87. The van der Waals surface area contributed by atoms with Gasteiger partial charge in [-0.3, -0.25) is 9.59 Å². The number of anilines is 1. The molecule has 2 saturated heterocycles. The zero-order valence-corrected chi connectivity index (χ0v) is 15.8. The number of para-hydroxylation sites is 1. The van der Waals surface area contributed by atoms with Gasteiger partial charge in [-0.05, 0) is 23.8 Å². The number of aromatic nitrogens is 1. The third-order valence-corrected chi connectivity index (χ3v) is 6.17. The van der Waals surface area contributed by atoms with Gasteiger partial charge in [-0.2, -0.15) is 0 Å². The highest BCUT2D eigenvalue weighted by Crippen LogP contribution is 2.42. The van der Waals surface area contributed by atoms with Crippen LogP contribution in [-0.4, -0.2) is 47.4 Å². The number of likely N-dealkylation sites (tertiary alicyclic amines) is 1. The summed E-state index contributed by atoms with van der Waals surface area (Å²) >= 11 is 0. The molecule has 2 aliphatic heterocycles. The number of nitrogens with two attached hydrogens (primary N) is 1. The van der Waals surface area contributed by atoms with Gasteiger partial charge in [0, 0.05) is 41.8 Å². The second-order valence-corrected chi connectivity index (χ2v) is 7.86. The van der Waals surface area contributed by atoms with Crippen LogP contribution in [0.1, 0.15) is 5.56 Å². The van der Waals surface area contributed by atoms with Gasteiger partial charge in [0.1, 0.15) is 5.82 Å². The number of amides is 2. The molecule has 2 aromatic carbocycles. The number of carbonyl (C=O) groups excluding carboxylic acids is 2. The van der Waals surface area contributed by atoms with Crippen molar-refractivity contribution in [2.75, 3.05) is 24.5 Å². The highest BCUT2D eigenvalue weighted by molar-refractivity contribution is 6.15. The molecule has 2 unspecified atom stereocenters. The summed E-state index contributed by atoms with van der Waals surface area (Å²) in [6.07, 6.45) is 1.29. The van der Waals surface area contributed by atoms with Crippen molar-refractivity contribution in [3.05, 3.63) is 54.4 Å². The van der Waals surface area contributed by atoms with Gasteiger partial charge in [-0.15, -0.1) is 0 Å². The quantitative estimate of drug-likeness (QED) is 0.669. The minimum atomic E-state index is -0.505.